The minimum absolute atomic E-state index is 0.0266. The average Bonchev–Trinajstić information content (AvgIpc) is 3.57. The van der Waals surface area contributed by atoms with Crippen LogP contribution in [-0.2, 0) is 12.0 Å². The van der Waals surface area contributed by atoms with Crippen molar-refractivity contribution in [2.75, 3.05) is 25.5 Å². The summed E-state index contributed by atoms with van der Waals surface area (Å²) in [4.78, 5) is 2.30. The zero-order valence-corrected chi connectivity index (χ0v) is 34.5. The lowest BCUT2D eigenvalue weighted by Gasteiger charge is -2.26. The van der Waals surface area contributed by atoms with Gasteiger partial charge in [-0.25, -0.2) is 0 Å². The van der Waals surface area contributed by atoms with Gasteiger partial charge >= 0.3 is 0 Å². The molecule has 0 bridgehead atoms. The monoisotopic (exact) mass is 740 g/mol. The van der Waals surface area contributed by atoms with Crippen LogP contribution in [0.1, 0.15) is 64.2 Å². The highest BCUT2D eigenvalue weighted by Crippen LogP contribution is 2.40. The molecule has 1 aliphatic carbocycles. The Morgan fingerprint density at radius 1 is 0.714 bits per heavy atom. The number of anilines is 2. The summed E-state index contributed by atoms with van der Waals surface area (Å²) in [6.45, 7) is 16.0. The van der Waals surface area contributed by atoms with Crippen LogP contribution in [0.3, 0.4) is 0 Å². The molecule has 8 rings (SSSR count). The molecule has 2 heterocycles. The molecule has 4 nitrogen and oxygen atoms in total. The van der Waals surface area contributed by atoms with Gasteiger partial charge in [0.15, 0.2) is 0 Å². The standard InChI is InChI=1S/C41H36N2.C7H11N.C2H7N.C2H6/c1-29-13-10-11-24-42(34-17-12-16-31(26-34)25-30-14-6-5-7-15-30)40-28-33(20-22-35(29)40)32-21-23-39-37(27-32)36-18-8-9-19-38(36)43(39)41(2,3)4;8-6-7-4-2-1-3-5-7;1-3-2;1-2/h5-24,26-28H,1,25H2,2-4H3;1-2,4H,3,5-6,8H2;3H,1-2H3;1-2H3/b13-10-,24-11-;;;. The third-order valence-corrected chi connectivity index (χ3v) is 9.73. The highest BCUT2D eigenvalue weighted by Gasteiger charge is 2.21. The van der Waals surface area contributed by atoms with E-state index in [0.29, 0.717) is 0 Å². The number of allylic oxidation sites excluding steroid dienone is 7. The minimum atomic E-state index is -0.0266. The van der Waals surface area contributed by atoms with Crippen molar-refractivity contribution >= 4 is 38.8 Å². The molecule has 0 fully saturated rings. The molecule has 1 aliphatic heterocycles. The molecule has 1 aromatic heterocycles. The van der Waals surface area contributed by atoms with Crippen molar-refractivity contribution in [3.05, 3.63) is 187 Å². The Labute approximate surface area is 336 Å². The third-order valence-electron chi connectivity index (χ3n) is 9.73. The lowest BCUT2D eigenvalue weighted by Crippen LogP contribution is -2.21. The van der Waals surface area contributed by atoms with Crippen LogP contribution in [0.25, 0.3) is 38.5 Å². The van der Waals surface area contributed by atoms with E-state index in [0.717, 1.165) is 41.9 Å². The van der Waals surface area contributed by atoms with Gasteiger partial charge in [0, 0.05) is 51.3 Å². The molecule has 0 spiro atoms. The van der Waals surface area contributed by atoms with Gasteiger partial charge in [-0.15, -0.1) is 0 Å². The Hall–Kier alpha value is -5.68. The quantitative estimate of drug-likeness (QED) is 0.185. The number of para-hydroxylation sites is 1. The van der Waals surface area contributed by atoms with Gasteiger partial charge in [-0.2, -0.15) is 0 Å². The summed E-state index contributed by atoms with van der Waals surface area (Å²) in [6, 6.07) is 42.0. The smallest absolute Gasteiger partial charge is 0.0539 e. The van der Waals surface area contributed by atoms with Crippen molar-refractivity contribution in [1.82, 2.24) is 9.88 Å². The van der Waals surface area contributed by atoms with E-state index in [2.05, 4.69) is 200 Å². The third kappa shape index (κ3) is 9.94. The van der Waals surface area contributed by atoms with E-state index in [-0.39, 0.29) is 5.54 Å². The number of rotatable bonds is 5. The molecule has 0 radical (unpaired) electrons. The van der Waals surface area contributed by atoms with Gasteiger partial charge in [-0.05, 0) is 124 Å². The fourth-order valence-electron chi connectivity index (χ4n) is 7.23. The van der Waals surface area contributed by atoms with Crippen molar-refractivity contribution in [3.8, 4) is 11.1 Å². The molecule has 4 heteroatoms. The van der Waals surface area contributed by atoms with Gasteiger partial charge in [-0.1, -0.05) is 135 Å². The van der Waals surface area contributed by atoms with Crippen molar-refractivity contribution < 1.29 is 0 Å². The predicted molar refractivity (Wildman–Crippen MR) is 247 cm³/mol. The van der Waals surface area contributed by atoms with Crippen molar-refractivity contribution in [2.45, 2.75) is 59.4 Å². The zero-order chi connectivity index (χ0) is 40.1. The highest BCUT2D eigenvalue weighted by molar-refractivity contribution is 6.09. The van der Waals surface area contributed by atoms with Crippen LogP contribution in [0.4, 0.5) is 11.4 Å². The van der Waals surface area contributed by atoms with Gasteiger partial charge in [0.1, 0.15) is 0 Å². The van der Waals surface area contributed by atoms with Gasteiger partial charge < -0.3 is 20.5 Å². The van der Waals surface area contributed by atoms with E-state index in [1.165, 1.54) is 56.1 Å². The second-order valence-electron chi connectivity index (χ2n) is 14.9. The normalized spacial score (nSPS) is 14.5. The average molecular weight is 741 g/mol. The number of nitrogens with two attached hydrogens (primary N) is 1. The summed E-state index contributed by atoms with van der Waals surface area (Å²) < 4.78 is 2.47. The summed E-state index contributed by atoms with van der Waals surface area (Å²) >= 11 is 0. The Morgan fingerprint density at radius 3 is 2.09 bits per heavy atom. The SMILES string of the molecule is C=C1/C=C\C=C/N(c2cccc(Cc3ccccc3)c2)c2cc(-c3ccc4c(c3)c3ccccc3n4C(C)(C)C)ccc21.CC.CNC.NCC1=CC=CCC1. The summed E-state index contributed by atoms with van der Waals surface area (Å²) in [5, 5.41) is 5.33. The van der Waals surface area contributed by atoms with Crippen LogP contribution in [0.2, 0.25) is 0 Å². The molecule has 0 amide bonds. The Bertz CT molecular complexity index is 2340. The molecule has 0 saturated carbocycles. The van der Waals surface area contributed by atoms with Gasteiger partial charge in [0.2, 0.25) is 0 Å². The molecule has 0 atom stereocenters. The molecule has 0 unspecified atom stereocenters. The molecule has 56 heavy (non-hydrogen) atoms. The van der Waals surface area contributed by atoms with E-state index < -0.39 is 0 Å². The maximum Gasteiger partial charge on any atom is 0.0539 e. The second kappa shape index (κ2) is 19.8. The number of hydrogen-bond donors (Lipinski definition) is 2. The number of nitrogens with zero attached hydrogens (tertiary/aromatic N) is 2. The minimum Gasteiger partial charge on any atom is -0.335 e. The van der Waals surface area contributed by atoms with E-state index in [9.17, 15) is 0 Å². The van der Waals surface area contributed by atoms with Crippen LogP contribution in [0.15, 0.2) is 170 Å². The second-order valence-corrected chi connectivity index (χ2v) is 14.9. The highest BCUT2D eigenvalue weighted by atomic mass is 15.1. The van der Waals surface area contributed by atoms with E-state index in [4.69, 9.17) is 5.73 Å². The zero-order valence-electron chi connectivity index (χ0n) is 34.5. The molecule has 2 aliphatic rings. The maximum atomic E-state index is 5.40. The van der Waals surface area contributed by atoms with Crippen LogP contribution >= 0.6 is 0 Å². The first-order valence-corrected chi connectivity index (χ1v) is 20.0. The van der Waals surface area contributed by atoms with E-state index in [1.807, 2.05) is 27.9 Å². The topological polar surface area (TPSA) is 46.2 Å². The Morgan fingerprint density at radius 2 is 1.39 bits per heavy atom. The molecular weight excluding hydrogens is 681 g/mol. The van der Waals surface area contributed by atoms with Crippen LogP contribution in [0.5, 0.6) is 0 Å². The molecule has 3 N–H and O–H groups in total. The van der Waals surface area contributed by atoms with E-state index in [1.54, 1.807) is 0 Å². The van der Waals surface area contributed by atoms with Crippen molar-refractivity contribution in [3.63, 3.8) is 0 Å². The maximum absolute atomic E-state index is 5.40. The fourth-order valence-corrected chi connectivity index (χ4v) is 7.23. The first kappa shape index (κ1) is 41.5. The number of nitrogens with one attached hydrogen (secondary N) is 1. The molecule has 6 aromatic rings. The first-order chi connectivity index (χ1) is 27.2. The van der Waals surface area contributed by atoms with Crippen LogP contribution in [-0.4, -0.2) is 25.2 Å². The lowest BCUT2D eigenvalue weighted by atomic mass is 9.96. The number of hydrogen-bond acceptors (Lipinski definition) is 3. The largest absolute Gasteiger partial charge is 0.335 e. The molecule has 0 saturated heterocycles. The van der Waals surface area contributed by atoms with Crippen molar-refractivity contribution in [1.29, 1.82) is 0 Å². The van der Waals surface area contributed by atoms with Gasteiger partial charge in [0.05, 0.1) is 5.69 Å². The molecule has 5 aromatic carbocycles. The number of aromatic nitrogens is 1. The summed E-state index contributed by atoms with van der Waals surface area (Å²) in [5.74, 6) is 0. The Balaban J connectivity index is 0.000000399. The molecular formula is C52H60N4. The van der Waals surface area contributed by atoms with E-state index >= 15 is 0 Å². The number of fused-ring (bicyclic) bond motifs is 4. The molecule has 288 valence electrons. The van der Waals surface area contributed by atoms with Gasteiger partial charge in [-0.3, -0.25) is 0 Å². The van der Waals surface area contributed by atoms with Crippen molar-refractivity contribution in [2.24, 2.45) is 5.73 Å². The first-order valence-electron chi connectivity index (χ1n) is 20.0. The summed E-state index contributed by atoms with van der Waals surface area (Å²) in [5.41, 5.74) is 18.7. The Kier molecular flexibility index (Phi) is 14.6. The van der Waals surface area contributed by atoms with Crippen LogP contribution < -0.4 is 16.0 Å². The lowest BCUT2D eigenvalue weighted by molar-refractivity contribution is 0.423. The fraction of sp³-hybridized carbons (Fsp3) is 0.231. The van der Waals surface area contributed by atoms with Crippen LogP contribution in [0, 0.1) is 0 Å². The summed E-state index contributed by atoms with van der Waals surface area (Å²) in [7, 11) is 3.75. The summed E-state index contributed by atoms with van der Waals surface area (Å²) in [6.07, 6.45) is 18.0. The predicted octanol–water partition coefficient (Wildman–Crippen LogP) is 13.1. The number of benzene rings is 5. The van der Waals surface area contributed by atoms with Gasteiger partial charge in [0.25, 0.3) is 0 Å².